The first-order chi connectivity index (χ1) is 5.86. The average molecular weight is 182 g/mol. The third kappa shape index (κ3) is 2.74. The van der Waals surface area contributed by atoms with Gasteiger partial charge in [0, 0.05) is 18.1 Å². The highest BCUT2D eigenvalue weighted by atomic mass is 32.2. The number of anilines is 1. The van der Waals surface area contributed by atoms with Crippen LogP contribution in [0.15, 0.2) is 23.2 Å². The monoisotopic (exact) mass is 182 g/mol. The van der Waals surface area contributed by atoms with Gasteiger partial charge in [-0.15, -0.1) is 11.8 Å². The maximum Gasteiger partial charge on any atom is 0.125 e. The Hall–Kier alpha value is -0.700. The molecule has 0 aliphatic heterocycles. The van der Waals surface area contributed by atoms with E-state index in [4.69, 9.17) is 0 Å². The molecule has 0 atom stereocenters. The van der Waals surface area contributed by atoms with E-state index in [0.717, 1.165) is 5.82 Å². The first-order valence-corrected chi connectivity index (χ1v) is 5.12. The van der Waals surface area contributed by atoms with E-state index in [2.05, 4.69) is 23.3 Å². The molecular weight excluding hydrogens is 168 g/mol. The van der Waals surface area contributed by atoms with Crippen LogP contribution in [0.3, 0.4) is 0 Å². The molecule has 0 amide bonds. The van der Waals surface area contributed by atoms with Crippen LogP contribution in [0.2, 0.25) is 0 Å². The van der Waals surface area contributed by atoms with Gasteiger partial charge in [-0.05, 0) is 24.3 Å². The summed E-state index contributed by atoms with van der Waals surface area (Å²) in [6.45, 7) is 2.18. The summed E-state index contributed by atoms with van der Waals surface area (Å²) in [5.41, 5.74) is 0. The van der Waals surface area contributed by atoms with E-state index in [1.54, 1.807) is 0 Å². The second kappa shape index (κ2) is 5.04. The van der Waals surface area contributed by atoms with Gasteiger partial charge in [-0.1, -0.05) is 6.92 Å². The first kappa shape index (κ1) is 9.39. The predicted molar refractivity (Wildman–Crippen MR) is 54.8 cm³/mol. The number of aromatic nitrogens is 1. The predicted octanol–water partition coefficient (Wildman–Crippen LogP) is 2.63. The normalized spacial score (nSPS) is 9.83. The number of hydrogen-bond acceptors (Lipinski definition) is 3. The zero-order chi connectivity index (χ0) is 8.81. The van der Waals surface area contributed by atoms with Crippen LogP contribution in [0.1, 0.15) is 13.3 Å². The first-order valence-electron chi connectivity index (χ1n) is 4.13. The summed E-state index contributed by atoms with van der Waals surface area (Å²) < 4.78 is 0. The fourth-order valence-electron chi connectivity index (χ4n) is 0.833. The SMILES string of the molecule is CCCSc1ccc(NC)nc1. The van der Waals surface area contributed by atoms with Crippen LogP contribution in [0.25, 0.3) is 0 Å². The quantitative estimate of drug-likeness (QED) is 0.725. The molecule has 1 heterocycles. The maximum absolute atomic E-state index is 4.22. The number of pyridine rings is 1. The molecule has 0 aromatic carbocycles. The van der Waals surface area contributed by atoms with Crippen molar-refractivity contribution in [1.82, 2.24) is 4.98 Å². The molecule has 0 saturated carbocycles. The van der Waals surface area contributed by atoms with E-state index >= 15 is 0 Å². The van der Waals surface area contributed by atoms with E-state index in [-0.39, 0.29) is 0 Å². The van der Waals surface area contributed by atoms with Gasteiger partial charge < -0.3 is 5.32 Å². The van der Waals surface area contributed by atoms with Crippen molar-refractivity contribution in [3.63, 3.8) is 0 Å². The minimum atomic E-state index is 0.927. The Bertz CT molecular complexity index is 220. The molecular formula is C9H14N2S. The fraction of sp³-hybridized carbons (Fsp3) is 0.444. The zero-order valence-corrected chi connectivity index (χ0v) is 8.32. The highest BCUT2D eigenvalue weighted by Gasteiger charge is 1.93. The van der Waals surface area contributed by atoms with Crippen molar-refractivity contribution in [3.05, 3.63) is 18.3 Å². The summed E-state index contributed by atoms with van der Waals surface area (Å²) in [6, 6.07) is 4.09. The highest BCUT2D eigenvalue weighted by molar-refractivity contribution is 7.99. The molecule has 66 valence electrons. The Morgan fingerprint density at radius 1 is 1.50 bits per heavy atom. The minimum Gasteiger partial charge on any atom is -0.373 e. The number of hydrogen-bond donors (Lipinski definition) is 1. The van der Waals surface area contributed by atoms with E-state index in [1.807, 2.05) is 31.1 Å². The lowest BCUT2D eigenvalue weighted by Crippen LogP contribution is -1.90. The van der Waals surface area contributed by atoms with Crippen molar-refractivity contribution in [2.75, 3.05) is 18.1 Å². The summed E-state index contributed by atoms with van der Waals surface area (Å²) in [6.07, 6.45) is 3.12. The molecule has 0 spiro atoms. The summed E-state index contributed by atoms with van der Waals surface area (Å²) >= 11 is 1.85. The Kier molecular flexibility index (Phi) is 3.94. The second-order valence-electron chi connectivity index (χ2n) is 2.48. The number of thioether (sulfide) groups is 1. The molecule has 1 aromatic rings. The summed E-state index contributed by atoms with van der Waals surface area (Å²) in [5, 5.41) is 2.99. The van der Waals surface area contributed by atoms with Crippen LogP contribution in [0, 0.1) is 0 Å². The van der Waals surface area contributed by atoms with Gasteiger partial charge in [0.2, 0.25) is 0 Å². The van der Waals surface area contributed by atoms with Crippen molar-refractivity contribution in [1.29, 1.82) is 0 Å². The van der Waals surface area contributed by atoms with Gasteiger partial charge in [0.05, 0.1) is 0 Å². The van der Waals surface area contributed by atoms with Gasteiger partial charge in [-0.2, -0.15) is 0 Å². The maximum atomic E-state index is 4.22. The van der Waals surface area contributed by atoms with Gasteiger partial charge in [-0.25, -0.2) is 4.98 Å². The lowest BCUT2D eigenvalue weighted by molar-refractivity contribution is 1.10. The molecule has 0 aliphatic carbocycles. The van der Waals surface area contributed by atoms with Crippen molar-refractivity contribution < 1.29 is 0 Å². The molecule has 0 unspecified atom stereocenters. The lowest BCUT2D eigenvalue weighted by atomic mass is 10.5. The summed E-state index contributed by atoms with van der Waals surface area (Å²) in [4.78, 5) is 5.46. The Morgan fingerprint density at radius 3 is 2.83 bits per heavy atom. The van der Waals surface area contributed by atoms with Crippen molar-refractivity contribution in [3.8, 4) is 0 Å². The van der Waals surface area contributed by atoms with Gasteiger partial charge in [0.15, 0.2) is 0 Å². The fourth-order valence-corrected chi connectivity index (χ4v) is 1.56. The van der Waals surface area contributed by atoms with Gasteiger partial charge >= 0.3 is 0 Å². The molecule has 12 heavy (non-hydrogen) atoms. The number of nitrogens with one attached hydrogen (secondary N) is 1. The van der Waals surface area contributed by atoms with Crippen LogP contribution in [0.4, 0.5) is 5.82 Å². The molecule has 0 saturated heterocycles. The molecule has 0 bridgehead atoms. The third-order valence-corrected chi connectivity index (χ3v) is 2.65. The second-order valence-corrected chi connectivity index (χ2v) is 3.65. The molecule has 0 aliphatic rings. The third-order valence-electron chi connectivity index (χ3n) is 1.47. The van der Waals surface area contributed by atoms with Crippen LogP contribution in [-0.4, -0.2) is 17.8 Å². The molecule has 2 nitrogen and oxygen atoms in total. The van der Waals surface area contributed by atoms with Crippen LogP contribution < -0.4 is 5.32 Å². The summed E-state index contributed by atoms with van der Waals surface area (Å²) in [5.74, 6) is 2.09. The van der Waals surface area contributed by atoms with E-state index < -0.39 is 0 Å². The Balaban J connectivity index is 2.53. The van der Waals surface area contributed by atoms with E-state index in [1.165, 1.54) is 17.1 Å². The lowest BCUT2D eigenvalue weighted by Gasteiger charge is -2.00. The van der Waals surface area contributed by atoms with Crippen molar-refractivity contribution >= 4 is 17.6 Å². The highest BCUT2D eigenvalue weighted by Crippen LogP contribution is 2.18. The van der Waals surface area contributed by atoms with Crippen LogP contribution in [0.5, 0.6) is 0 Å². The average Bonchev–Trinajstić information content (AvgIpc) is 2.15. The molecule has 0 radical (unpaired) electrons. The molecule has 1 aromatic heterocycles. The van der Waals surface area contributed by atoms with Crippen LogP contribution in [-0.2, 0) is 0 Å². The van der Waals surface area contributed by atoms with Crippen molar-refractivity contribution in [2.24, 2.45) is 0 Å². The van der Waals surface area contributed by atoms with Gasteiger partial charge in [0.25, 0.3) is 0 Å². The Labute approximate surface area is 77.8 Å². The number of nitrogens with zero attached hydrogens (tertiary/aromatic N) is 1. The van der Waals surface area contributed by atoms with Gasteiger partial charge in [0.1, 0.15) is 5.82 Å². The van der Waals surface area contributed by atoms with Crippen LogP contribution >= 0.6 is 11.8 Å². The zero-order valence-electron chi connectivity index (χ0n) is 7.50. The number of rotatable bonds is 4. The molecule has 0 fully saturated rings. The smallest absolute Gasteiger partial charge is 0.125 e. The van der Waals surface area contributed by atoms with E-state index in [0.29, 0.717) is 0 Å². The molecule has 1 N–H and O–H groups in total. The molecule has 3 heteroatoms. The van der Waals surface area contributed by atoms with E-state index in [9.17, 15) is 0 Å². The topological polar surface area (TPSA) is 24.9 Å². The van der Waals surface area contributed by atoms with Crippen molar-refractivity contribution in [2.45, 2.75) is 18.2 Å². The van der Waals surface area contributed by atoms with Gasteiger partial charge in [-0.3, -0.25) is 0 Å². The Morgan fingerprint density at radius 2 is 2.33 bits per heavy atom. The summed E-state index contributed by atoms with van der Waals surface area (Å²) in [7, 11) is 1.88. The largest absolute Gasteiger partial charge is 0.373 e. The minimum absolute atomic E-state index is 0.927. The standard InChI is InChI=1S/C9H14N2S/c1-3-6-12-8-4-5-9(10-2)11-7-8/h4-5,7H,3,6H2,1-2H3,(H,10,11). The molecule has 1 rings (SSSR count).